The zero-order valence-electron chi connectivity index (χ0n) is 17.7. The summed E-state index contributed by atoms with van der Waals surface area (Å²) >= 11 is 13.3. The summed E-state index contributed by atoms with van der Waals surface area (Å²) in [6.45, 7) is 2.53. The van der Waals surface area contributed by atoms with Crippen molar-refractivity contribution in [3.63, 3.8) is 0 Å². The maximum absolute atomic E-state index is 12.5. The summed E-state index contributed by atoms with van der Waals surface area (Å²) in [5.41, 5.74) is 2.40. The summed E-state index contributed by atoms with van der Waals surface area (Å²) in [7, 11) is 0. The maximum atomic E-state index is 12.5. The Hall–Kier alpha value is -3.00. The number of rotatable bonds is 8. The zero-order chi connectivity index (χ0) is 23.2. The lowest BCUT2D eigenvalue weighted by atomic mass is 10.2. The topological polar surface area (TPSA) is 69.0 Å². The highest BCUT2D eigenvalue weighted by Crippen LogP contribution is 2.29. The third-order valence-electron chi connectivity index (χ3n) is 4.60. The summed E-state index contributed by atoms with van der Waals surface area (Å²) in [6, 6.07) is 22.0. The lowest BCUT2D eigenvalue weighted by Gasteiger charge is -2.12. The molecule has 1 heterocycles. The van der Waals surface area contributed by atoms with Gasteiger partial charge in [-0.3, -0.25) is 9.36 Å². The van der Waals surface area contributed by atoms with Crippen molar-refractivity contribution in [2.24, 2.45) is 0 Å². The molecule has 0 saturated heterocycles. The lowest BCUT2D eigenvalue weighted by Crippen LogP contribution is -2.14. The van der Waals surface area contributed by atoms with Crippen LogP contribution in [-0.4, -0.2) is 33.0 Å². The van der Waals surface area contributed by atoms with E-state index in [0.717, 1.165) is 17.0 Å². The molecule has 3 aromatic carbocycles. The average molecular weight is 499 g/mol. The monoisotopic (exact) mass is 498 g/mol. The van der Waals surface area contributed by atoms with Gasteiger partial charge in [-0.25, -0.2) is 0 Å². The van der Waals surface area contributed by atoms with Crippen LogP contribution < -0.4 is 10.1 Å². The van der Waals surface area contributed by atoms with Gasteiger partial charge < -0.3 is 10.1 Å². The second-order valence-corrected chi connectivity index (χ2v) is 8.73. The predicted molar refractivity (Wildman–Crippen MR) is 134 cm³/mol. The Balaban J connectivity index is 1.59. The molecule has 0 fully saturated rings. The van der Waals surface area contributed by atoms with Gasteiger partial charge in [0.2, 0.25) is 5.91 Å². The highest BCUT2D eigenvalue weighted by Gasteiger charge is 2.17. The summed E-state index contributed by atoms with van der Waals surface area (Å²) in [5, 5.41) is 13.4. The summed E-state index contributed by atoms with van der Waals surface area (Å²) < 4.78 is 7.47. The molecule has 1 N–H and O–H groups in total. The van der Waals surface area contributed by atoms with Gasteiger partial charge in [-0.1, -0.05) is 35.0 Å². The molecule has 4 rings (SSSR count). The van der Waals surface area contributed by atoms with E-state index in [0.29, 0.717) is 33.3 Å². The van der Waals surface area contributed by atoms with E-state index in [1.807, 2.05) is 47.9 Å². The van der Waals surface area contributed by atoms with E-state index in [4.69, 9.17) is 27.9 Å². The number of hydrogen-bond acceptors (Lipinski definition) is 5. The highest BCUT2D eigenvalue weighted by molar-refractivity contribution is 7.99. The number of carbonyl (C=O) groups excluding carboxylic acids is 1. The van der Waals surface area contributed by atoms with Crippen LogP contribution in [0.15, 0.2) is 78.0 Å². The number of benzene rings is 3. The molecule has 0 atom stereocenters. The van der Waals surface area contributed by atoms with Crippen molar-refractivity contribution in [2.75, 3.05) is 17.7 Å². The van der Waals surface area contributed by atoms with Gasteiger partial charge in [0.1, 0.15) is 5.75 Å². The minimum atomic E-state index is -0.156. The first kappa shape index (κ1) is 23.2. The van der Waals surface area contributed by atoms with Gasteiger partial charge in [-0.05, 0) is 79.7 Å². The van der Waals surface area contributed by atoms with Crippen LogP contribution in [0.4, 0.5) is 5.69 Å². The lowest BCUT2D eigenvalue weighted by molar-refractivity contribution is -0.113. The van der Waals surface area contributed by atoms with Crippen molar-refractivity contribution < 1.29 is 9.53 Å². The Bertz CT molecular complexity index is 1230. The molecular formula is C24H20Cl2N4O2S. The van der Waals surface area contributed by atoms with E-state index in [-0.39, 0.29) is 11.7 Å². The third kappa shape index (κ3) is 5.87. The van der Waals surface area contributed by atoms with Gasteiger partial charge in [0, 0.05) is 27.0 Å². The minimum Gasteiger partial charge on any atom is -0.494 e. The quantitative estimate of drug-likeness (QED) is 0.285. The standard InChI is InChI=1S/C24H20Cl2N4O2S/c1-2-32-21-13-11-20(12-14-21)30-23(16-3-5-17(25)6-4-16)28-29-24(30)33-15-22(31)27-19-9-7-18(26)8-10-19/h3-14H,2,15H2,1H3,(H,27,31). The maximum Gasteiger partial charge on any atom is 0.234 e. The van der Waals surface area contributed by atoms with Crippen LogP contribution in [0.5, 0.6) is 5.75 Å². The van der Waals surface area contributed by atoms with Crippen LogP contribution in [0.25, 0.3) is 17.1 Å². The van der Waals surface area contributed by atoms with Crippen LogP contribution in [-0.2, 0) is 4.79 Å². The van der Waals surface area contributed by atoms with Gasteiger partial charge in [0.05, 0.1) is 12.4 Å². The Morgan fingerprint density at radius 1 is 0.939 bits per heavy atom. The molecule has 33 heavy (non-hydrogen) atoms. The molecule has 1 aromatic heterocycles. The number of anilines is 1. The molecule has 0 unspecified atom stereocenters. The van der Waals surface area contributed by atoms with Crippen molar-refractivity contribution in [3.05, 3.63) is 82.8 Å². The van der Waals surface area contributed by atoms with Crippen molar-refractivity contribution in [2.45, 2.75) is 12.1 Å². The van der Waals surface area contributed by atoms with Crippen molar-refractivity contribution in [1.82, 2.24) is 14.8 Å². The van der Waals surface area contributed by atoms with E-state index >= 15 is 0 Å². The van der Waals surface area contributed by atoms with E-state index < -0.39 is 0 Å². The van der Waals surface area contributed by atoms with Gasteiger partial charge in [-0.15, -0.1) is 10.2 Å². The fourth-order valence-corrected chi connectivity index (χ4v) is 4.10. The first-order valence-electron chi connectivity index (χ1n) is 10.2. The molecule has 168 valence electrons. The van der Waals surface area contributed by atoms with Gasteiger partial charge >= 0.3 is 0 Å². The van der Waals surface area contributed by atoms with Crippen molar-refractivity contribution in [1.29, 1.82) is 0 Å². The summed E-state index contributed by atoms with van der Waals surface area (Å²) in [6.07, 6.45) is 0. The van der Waals surface area contributed by atoms with Gasteiger partial charge in [-0.2, -0.15) is 0 Å². The molecule has 0 aliphatic carbocycles. The van der Waals surface area contributed by atoms with Crippen LogP contribution in [0.3, 0.4) is 0 Å². The molecule has 6 nitrogen and oxygen atoms in total. The fourth-order valence-electron chi connectivity index (χ4n) is 3.10. The van der Waals surface area contributed by atoms with E-state index in [1.54, 1.807) is 36.4 Å². The Morgan fingerprint density at radius 3 is 2.21 bits per heavy atom. The van der Waals surface area contributed by atoms with E-state index in [1.165, 1.54) is 11.8 Å². The SMILES string of the molecule is CCOc1ccc(-n2c(SCC(=O)Nc3ccc(Cl)cc3)nnc2-c2ccc(Cl)cc2)cc1. The van der Waals surface area contributed by atoms with Crippen molar-refractivity contribution in [3.8, 4) is 22.8 Å². The van der Waals surface area contributed by atoms with Crippen LogP contribution in [0.2, 0.25) is 10.0 Å². The second-order valence-electron chi connectivity index (χ2n) is 6.92. The highest BCUT2D eigenvalue weighted by atomic mass is 35.5. The average Bonchev–Trinajstić information content (AvgIpc) is 3.24. The van der Waals surface area contributed by atoms with E-state index in [2.05, 4.69) is 15.5 Å². The molecule has 0 aliphatic heterocycles. The van der Waals surface area contributed by atoms with Crippen LogP contribution in [0.1, 0.15) is 6.92 Å². The number of ether oxygens (including phenoxy) is 1. The first-order chi connectivity index (χ1) is 16.0. The summed E-state index contributed by atoms with van der Waals surface area (Å²) in [4.78, 5) is 12.5. The molecule has 9 heteroatoms. The number of carbonyl (C=O) groups is 1. The Morgan fingerprint density at radius 2 is 1.58 bits per heavy atom. The molecule has 0 radical (unpaired) electrons. The molecule has 1 amide bonds. The normalized spacial score (nSPS) is 10.8. The molecule has 4 aromatic rings. The van der Waals surface area contributed by atoms with E-state index in [9.17, 15) is 4.79 Å². The predicted octanol–water partition coefficient (Wildman–Crippen LogP) is 6.37. The number of thioether (sulfide) groups is 1. The Labute approximate surface area is 205 Å². The number of nitrogens with one attached hydrogen (secondary N) is 1. The number of hydrogen-bond donors (Lipinski definition) is 1. The summed E-state index contributed by atoms with van der Waals surface area (Å²) in [5.74, 6) is 1.44. The number of halogens is 2. The minimum absolute atomic E-state index is 0.156. The largest absolute Gasteiger partial charge is 0.494 e. The molecule has 0 aliphatic rings. The first-order valence-corrected chi connectivity index (χ1v) is 11.9. The van der Waals surface area contributed by atoms with Crippen LogP contribution in [0, 0.1) is 0 Å². The smallest absolute Gasteiger partial charge is 0.234 e. The molecule has 0 spiro atoms. The van der Waals surface area contributed by atoms with Crippen LogP contribution >= 0.6 is 35.0 Å². The third-order valence-corrected chi connectivity index (χ3v) is 6.03. The number of nitrogens with zero attached hydrogens (tertiary/aromatic N) is 3. The molecule has 0 saturated carbocycles. The van der Waals surface area contributed by atoms with Crippen molar-refractivity contribution >= 4 is 46.6 Å². The number of amides is 1. The molecular weight excluding hydrogens is 479 g/mol. The molecule has 0 bridgehead atoms. The van der Waals surface area contributed by atoms with Gasteiger partial charge in [0.15, 0.2) is 11.0 Å². The second kappa shape index (κ2) is 10.7. The Kier molecular flexibility index (Phi) is 7.54. The zero-order valence-corrected chi connectivity index (χ0v) is 20.0. The fraction of sp³-hybridized carbons (Fsp3) is 0.125. The van der Waals surface area contributed by atoms with Gasteiger partial charge in [0.25, 0.3) is 0 Å². The number of aromatic nitrogens is 3.